The van der Waals surface area contributed by atoms with Gasteiger partial charge in [0, 0.05) is 18.8 Å². The van der Waals surface area contributed by atoms with E-state index in [1.807, 2.05) is 0 Å². The van der Waals surface area contributed by atoms with Gasteiger partial charge in [0.05, 0.1) is 13.2 Å². The average molecular weight is 183 g/mol. The first-order chi connectivity index (χ1) is 6.22. The summed E-state index contributed by atoms with van der Waals surface area (Å²) in [5.41, 5.74) is 0. The van der Waals surface area contributed by atoms with Crippen LogP contribution in [0.25, 0.3) is 0 Å². The highest BCUT2D eigenvalue weighted by molar-refractivity contribution is 5.27. The Morgan fingerprint density at radius 1 is 1.69 bits per heavy atom. The first-order valence-corrected chi connectivity index (χ1v) is 4.01. The van der Waals surface area contributed by atoms with Crippen LogP contribution >= 0.6 is 0 Å². The van der Waals surface area contributed by atoms with Gasteiger partial charge >= 0.3 is 0 Å². The van der Waals surface area contributed by atoms with Crippen LogP contribution in [-0.2, 0) is 0 Å². The monoisotopic (exact) mass is 183 g/mol. The molecule has 0 amide bonds. The number of aliphatic hydroxyl groups excluding tert-OH is 1. The fraction of sp³-hybridized carbons (Fsp3) is 0.500. The lowest BCUT2D eigenvalue weighted by molar-refractivity contribution is 0.208. The SMILES string of the molecule is COc1ccnc(NCC(C)O)n1. The van der Waals surface area contributed by atoms with Gasteiger partial charge in [0.2, 0.25) is 11.8 Å². The predicted molar refractivity (Wildman–Crippen MR) is 48.8 cm³/mol. The quantitative estimate of drug-likeness (QED) is 0.701. The molecule has 0 aliphatic rings. The highest BCUT2D eigenvalue weighted by atomic mass is 16.5. The van der Waals surface area contributed by atoms with Crippen LogP contribution in [0.15, 0.2) is 12.3 Å². The largest absolute Gasteiger partial charge is 0.481 e. The molecule has 0 bridgehead atoms. The van der Waals surface area contributed by atoms with Crippen LogP contribution in [-0.4, -0.2) is 34.8 Å². The van der Waals surface area contributed by atoms with Crippen molar-refractivity contribution in [2.24, 2.45) is 0 Å². The Labute approximate surface area is 76.8 Å². The Morgan fingerprint density at radius 2 is 2.46 bits per heavy atom. The summed E-state index contributed by atoms with van der Waals surface area (Å²) in [5, 5.41) is 11.9. The van der Waals surface area contributed by atoms with E-state index in [9.17, 15) is 0 Å². The molecule has 0 fully saturated rings. The van der Waals surface area contributed by atoms with Crippen molar-refractivity contribution >= 4 is 5.95 Å². The highest BCUT2D eigenvalue weighted by Crippen LogP contribution is 2.06. The predicted octanol–water partition coefficient (Wildman–Crippen LogP) is 0.278. The summed E-state index contributed by atoms with van der Waals surface area (Å²) in [6.07, 6.45) is 1.17. The smallest absolute Gasteiger partial charge is 0.226 e. The molecule has 1 aromatic rings. The lowest BCUT2D eigenvalue weighted by atomic mass is 10.4. The van der Waals surface area contributed by atoms with Gasteiger partial charge in [-0.1, -0.05) is 0 Å². The number of anilines is 1. The summed E-state index contributed by atoms with van der Waals surface area (Å²) in [6.45, 7) is 2.11. The van der Waals surface area contributed by atoms with Gasteiger partial charge in [-0.25, -0.2) is 4.98 Å². The molecule has 5 heteroatoms. The number of nitrogens with zero attached hydrogens (tertiary/aromatic N) is 2. The van der Waals surface area contributed by atoms with Crippen molar-refractivity contribution < 1.29 is 9.84 Å². The molecule has 5 nitrogen and oxygen atoms in total. The lowest BCUT2D eigenvalue weighted by Gasteiger charge is -2.06. The molecule has 0 radical (unpaired) electrons. The Kier molecular flexibility index (Phi) is 3.45. The minimum absolute atomic E-state index is 0.421. The maximum atomic E-state index is 8.99. The maximum absolute atomic E-state index is 8.99. The van der Waals surface area contributed by atoms with E-state index in [2.05, 4.69) is 15.3 Å². The molecule has 1 aromatic heterocycles. The second-order valence-electron chi connectivity index (χ2n) is 2.65. The van der Waals surface area contributed by atoms with Crippen LogP contribution < -0.4 is 10.1 Å². The number of rotatable bonds is 4. The number of aliphatic hydroxyl groups is 1. The number of hydrogen-bond acceptors (Lipinski definition) is 5. The summed E-state index contributed by atoms with van der Waals surface area (Å²) < 4.78 is 4.91. The molecular weight excluding hydrogens is 170 g/mol. The molecule has 0 saturated carbocycles. The van der Waals surface area contributed by atoms with E-state index in [1.165, 1.54) is 0 Å². The molecule has 1 rings (SSSR count). The van der Waals surface area contributed by atoms with E-state index < -0.39 is 6.10 Å². The Hall–Kier alpha value is -1.36. The Balaban J connectivity index is 2.56. The van der Waals surface area contributed by atoms with E-state index in [4.69, 9.17) is 9.84 Å². The molecule has 2 N–H and O–H groups in total. The van der Waals surface area contributed by atoms with Gasteiger partial charge in [-0.05, 0) is 6.92 Å². The van der Waals surface area contributed by atoms with Crippen LogP contribution in [0.4, 0.5) is 5.95 Å². The fourth-order valence-corrected chi connectivity index (χ4v) is 0.780. The Morgan fingerprint density at radius 3 is 3.08 bits per heavy atom. The molecule has 1 atom stereocenters. The molecular formula is C8H13N3O2. The molecule has 0 aliphatic carbocycles. The van der Waals surface area contributed by atoms with Crippen LogP contribution in [0.3, 0.4) is 0 Å². The van der Waals surface area contributed by atoms with Crippen molar-refractivity contribution in [2.45, 2.75) is 13.0 Å². The van der Waals surface area contributed by atoms with Crippen molar-refractivity contribution in [3.05, 3.63) is 12.3 Å². The fourth-order valence-electron chi connectivity index (χ4n) is 0.780. The molecule has 72 valence electrons. The van der Waals surface area contributed by atoms with Gasteiger partial charge in [0.15, 0.2) is 0 Å². The second kappa shape index (κ2) is 4.61. The van der Waals surface area contributed by atoms with E-state index in [0.717, 1.165) is 0 Å². The molecule has 0 spiro atoms. The molecule has 0 aromatic carbocycles. The van der Waals surface area contributed by atoms with Crippen LogP contribution in [0.1, 0.15) is 6.92 Å². The van der Waals surface area contributed by atoms with Gasteiger partial charge in [0.1, 0.15) is 0 Å². The lowest BCUT2D eigenvalue weighted by Crippen LogP contribution is -2.16. The summed E-state index contributed by atoms with van der Waals surface area (Å²) >= 11 is 0. The maximum Gasteiger partial charge on any atom is 0.226 e. The molecule has 0 saturated heterocycles. The number of aromatic nitrogens is 2. The van der Waals surface area contributed by atoms with E-state index in [-0.39, 0.29) is 0 Å². The zero-order valence-electron chi connectivity index (χ0n) is 7.69. The molecule has 13 heavy (non-hydrogen) atoms. The van der Waals surface area contributed by atoms with Crippen molar-refractivity contribution in [1.29, 1.82) is 0 Å². The van der Waals surface area contributed by atoms with Crippen molar-refractivity contribution in [3.8, 4) is 5.88 Å². The third-order valence-electron chi connectivity index (χ3n) is 1.39. The van der Waals surface area contributed by atoms with E-state index >= 15 is 0 Å². The van der Waals surface area contributed by atoms with Crippen LogP contribution in [0.5, 0.6) is 5.88 Å². The third kappa shape index (κ3) is 3.25. The standard InChI is InChI=1S/C8H13N3O2/c1-6(12)5-10-8-9-4-3-7(11-8)13-2/h3-4,6,12H,5H2,1-2H3,(H,9,10,11). The van der Waals surface area contributed by atoms with E-state index in [1.54, 1.807) is 26.3 Å². The number of hydrogen-bond donors (Lipinski definition) is 2. The summed E-state index contributed by atoms with van der Waals surface area (Å²) in [7, 11) is 1.54. The Bertz CT molecular complexity index is 265. The summed E-state index contributed by atoms with van der Waals surface area (Å²) in [6, 6.07) is 1.66. The van der Waals surface area contributed by atoms with Crippen molar-refractivity contribution in [2.75, 3.05) is 19.0 Å². The van der Waals surface area contributed by atoms with Crippen LogP contribution in [0, 0.1) is 0 Å². The topological polar surface area (TPSA) is 67.3 Å². The zero-order valence-corrected chi connectivity index (χ0v) is 7.69. The number of ether oxygens (including phenoxy) is 1. The number of nitrogens with one attached hydrogen (secondary N) is 1. The van der Waals surface area contributed by atoms with E-state index in [0.29, 0.717) is 18.4 Å². The second-order valence-corrected chi connectivity index (χ2v) is 2.65. The summed E-state index contributed by atoms with van der Waals surface area (Å²) in [4.78, 5) is 7.95. The average Bonchev–Trinajstić information content (AvgIpc) is 2.15. The van der Waals surface area contributed by atoms with Gasteiger partial charge < -0.3 is 15.2 Å². The van der Waals surface area contributed by atoms with Gasteiger partial charge in [-0.2, -0.15) is 4.98 Å². The molecule has 0 aliphatic heterocycles. The minimum atomic E-state index is -0.421. The van der Waals surface area contributed by atoms with Gasteiger partial charge in [0.25, 0.3) is 0 Å². The minimum Gasteiger partial charge on any atom is -0.481 e. The van der Waals surface area contributed by atoms with Gasteiger partial charge in [-0.3, -0.25) is 0 Å². The third-order valence-corrected chi connectivity index (χ3v) is 1.39. The molecule has 1 unspecified atom stereocenters. The number of methoxy groups -OCH3 is 1. The van der Waals surface area contributed by atoms with Crippen molar-refractivity contribution in [3.63, 3.8) is 0 Å². The first kappa shape index (κ1) is 9.73. The first-order valence-electron chi connectivity index (χ1n) is 4.01. The van der Waals surface area contributed by atoms with Crippen molar-refractivity contribution in [1.82, 2.24) is 9.97 Å². The van der Waals surface area contributed by atoms with Crippen LogP contribution in [0.2, 0.25) is 0 Å². The zero-order chi connectivity index (χ0) is 9.68. The molecule has 1 heterocycles. The van der Waals surface area contributed by atoms with Gasteiger partial charge in [-0.15, -0.1) is 0 Å². The summed E-state index contributed by atoms with van der Waals surface area (Å²) in [5.74, 6) is 0.961. The normalized spacial score (nSPS) is 12.2. The highest BCUT2D eigenvalue weighted by Gasteiger charge is 1.99.